The average Bonchev–Trinajstić information content (AvgIpc) is 2.72. The molecule has 1 aliphatic heterocycles. The van der Waals surface area contributed by atoms with Crippen LogP contribution in [0.4, 0.5) is 4.79 Å². The highest BCUT2D eigenvalue weighted by Crippen LogP contribution is 2.20. The van der Waals surface area contributed by atoms with Crippen LogP contribution in [-0.2, 0) is 16.0 Å². The molecular weight excluding hydrogens is 230 g/mol. The second kappa shape index (κ2) is 5.21. The smallest absolute Gasteiger partial charge is 0.416 e. The molecule has 18 heavy (non-hydrogen) atoms. The monoisotopic (exact) mass is 247 g/mol. The van der Waals surface area contributed by atoms with E-state index in [0.29, 0.717) is 6.61 Å². The lowest BCUT2D eigenvalue weighted by atomic mass is 10.0. The summed E-state index contributed by atoms with van der Waals surface area (Å²) >= 11 is 0. The van der Waals surface area contributed by atoms with Gasteiger partial charge in [-0.25, -0.2) is 9.69 Å². The van der Waals surface area contributed by atoms with Crippen LogP contribution in [0.15, 0.2) is 30.3 Å². The van der Waals surface area contributed by atoms with Gasteiger partial charge in [-0.05, 0) is 11.5 Å². The van der Waals surface area contributed by atoms with E-state index in [1.807, 2.05) is 44.2 Å². The second-order valence-electron chi connectivity index (χ2n) is 4.81. The van der Waals surface area contributed by atoms with E-state index in [9.17, 15) is 9.59 Å². The van der Waals surface area contributed by atoms with Gasteiger partial charge in [-0.3, -0.25) is 4.79 Å². The first-order valence-electron chi connectivity index (χ1n) is 6.12. The van der Waals surface area contributed by atoms with E-state index in [4.69, 9.17) is 4.74 Å². The first kappa shape index (κ1) is 12.6. The fourth-order valence-corrected chi connectivity index (χ4v) is 2.07. The van der Waals surface area contributed by atoms with E-state index in [2.05, 4.69) is 0 Å². The van der Waals surface area contributed by atoms with Crippen LogP contribution in [0.5, 0.6) is 0 Å². The van der Waals surface area contributed by atoms with Gasteiger partial charge < -0.3 is 4.74 Å². The van der Waals surface area contributed by atoms with Crippen molar-refractivity contribution in [2.75, 3.05) is 6.61 Å². The highest BCUT2D eigenvalue weighted by molar-refractivity contribution is 5.94. The summed E-state index contributed by atoms with van der Waals surface area (Å²) in [5.74, 6) is 0.0126. The van der Waals surface area contributed by atoms with Gasteiger partial charge in [-0.1, -0.05) is 44.2 Å². The van der Waals surface area contributed by atoms with E-state index in [1.165, 1.54) is 4.90 Å². The number of hydrogen-bond acceptors (Lipinski definition) is 3. The van der Waals surface area contributed by atoms with E-state index < -0.39 is 6.09 Å². The highest BCUT2D eigenvalue weighted by Gasteiger charge is 2.39. The Labute approximate surface area is 107 Å². The molecule has 1 atom stereocenters. The molecular formula is C14H17NO3. The van der Waals surface area contributed by atoms with Crippen LogP contribution >= 0.6 is 0 Å². The summed E-state index contributed by atoms with van der Waals surface area (Å²) in [6.07, 6.45) is -0.284. The van der Waals surface area contributed by atoms with Gasteiger partial charge in [-0.15, -0.1) is 0 Å². The number of cyclic esters (lactones) is 1. The standard InChI is InChI=1S/C14H17NO3/c1-10(2)12-9-18-14(17)15(12)13(16)8-11-6-4-3-5-7-11/h3-7,10,12H,8-9H2,1-2H3/t12-/m1/s1. The van der Waals surface area contributed by atoms with Crippen molar-refractivity contribution in [2.24, 2.45) is 5.92 Å². The van der Waals surface area contributed by atoms with Crippen molar-refractivity contribution in [3.05, 3.63) is 35.9 Å². The fourth-order valence-electron chi connectivity index (χ4n) is 2.07. The SMILES string of the molecule is CC(C)[C@H]1COC(=O)N1C(=O)Cc1ccccc1. The predicted octanol–water partition coefficient (Wildman–Crippen LogP) is 2.23. The fraction of sp³-hybridized carbons (Fsp3) is 0.429. The Morgan fingerprint density at radius 2 is 2.06 bits per heavy atom. The zero-order chi connectivity index (χ0) is 13.1. The third kappa shape index (κ3) is 2.53. The third-order valence-corrected chi connectivity index (χ3v) is 3.14. The number of carbonyl (C=O) groups is 2. The van der Waals surface area contributed by atoms with Gasteiger partial charge in [0, 0.05) is 0 Å². The molecule has 1 aliphatic rings. The molecule has 1 saturated heterocycles. The molecule has 0 spiro atoms. The van der Waals surface area contributed by atoms with Gasteiger partial charge in [0.2, 0.25) is 5.91 Å². The summed E-state index contributed by atoms with van der Waals surface area (Å²) in [5.41, 5.74) is 0.907. The lowest BCUT2D eigenvalue weighted by Crippen LogP contribution is -2.42. The van der Waals surface area contributed by atoms with Crippen molar-refractivity contribution in [2.45, 2.75) is 26.3 Å². The van der Waals surface area contributed by atoms with Crippen molar-refractivity contribution in [3.63, 3.8) is 0 Å². The maximum absolute atomic E-state index is 12.2. The minimum atomic E-state index is -0.519. The summed E-state index contributed by atoms with van der Waals surface area (Å²) < 4.78 is 4.96. The Bertz CT molecular complexity index is 442. The Morgan fingerprint density at radius 3 is 2.67 bits per heavy atom. The molecule has 2 rings (SSSR count). The van der Waals surface area contributed by atoms with Crippen molar-refractivity contribution in [3.8, 4) is 0 Å². The maximum Gasteiger partial charge on any atom is 0.416 e. The quantitative estimate of drug-likeness (QED) is 0.822. The zero-order valence-corrected chi connectivity index (χ0v) is 10.6. The summed E-state index contributed by atoms with van der Waals surface area (Å²) in [4.78, 5) is 25.0. The van der Waals surface area contributed by atoms with Gasteiger partial charge in [0.25, 0.3) is 0 Å². The van der Waals surface area contributed by atoms with Crippen LogP contribution in [0, 0.1) is 5.92 Å². The zero-order valence-electron chi connectivity index (χ0n) is 10.6. The molecule has 2 amide bonds. The van der Waals surface area contributed by atoms with Crippen LogP contribution in [0.3, 0.4) is 0 Å². The van der Waals surface area contributed by atoms with Crippen molar-refractivity contribution in [1.82, 2.24) is 4.90 Å². The van der Waals surface area contributed by atoms with Crippen LogP contribution in [0.1, 0.15) is 19.4 Å². The molecule has 1 heterocycles. The largest absolute Gasteiger partial charge is 0.447 e. The van der Waals surface area contributed by atoms with Crippen LogP contribution < -0.4 is 0 Å². The molecule has 4 heteroatoms. The molecule has 0 saturated carbocycles. The molecule has 0 aliphatic carbocycles. The number of rotatable bonds is 3. The van der Waals surface area contributed by atoms with E-state index in [-0.39, 0.29) is 24.3 Å². The van der Waals surface area contributed by atoms with Gasteiger partial charge in [-0.2, -0.15) is 0 Å². The normalized spacial score (nSPS) is 19.2. The Hall–Kier alpha value is -1.84. The number of amides is 2. The van der Waals surface area contributed by atoms with Crippen molar-refractivity contribution < 1.29 is 14.3 Å². The molecule has 0 bridgehead atoms. The molecule has 0 radical (unpaired) electrons. The lowest BCUT2D eigenvalue weighted by molar-refractivity contribution is -0.129. The number of ether oxygens (including phenoxy) is 1. The molecule has 1 aromatic rings. The Kier molecular flexibility index (Phi) is 3.65. The number of benzene rings is 1. The molecule has 96 valence electrons. The summed E-state index contributed by atoms with van der Waals surface area (Å²) in [6.45, 7) is 4.27. The lowest BCUT2D eigenvalue weighted by Gasteiger charge is -2.22. The number of nitrogens with zero attached hydrogens (tertiary/aromatic N) is 1. The van der Waals surface area contributed by atoms with Crippen LogP contribution in [0.25, 0.3) is 0 Å². The van der Waals surface area contributed by atoms with E-state index in [1.54, 1.807) is 0 Å². The molecule has 0 unspecified atom stereocenters. The average molecular weight is 247 g/mol. The molecule has 0 N–H and O–H groups in total. The van der Waals surface area contributed by atoms with Crippen LogP contribution in [0.2, 0.25) is 0 Å². The van der Waals surface area contributed by atoms with Crippen molar-refractivity contribution in [1.29, 1.82) is 0 Å². The second-order valence-corrected chi connectivity index (χ2v) is 4.81. The minimum absolute atomic E-state index is 0.145. The first-order valence-corrected chi connectivity index (χ1v) is 6.12. The topological polar surface area (TPSA) is 46.6 Å². The molecule has 1 aromatic carbocycles. The molecule has 1 fully saturated rings. The maximum atomic E-state index is 12.2. The van der Waals surface area contributed by atoms with E-state index >= 15 is 0 Å². The van der Waals surface area contributed by atoms with Gasteiger partial charge in [0.1, 0.15) is 6.61 Å². The summed E-state index contributed by atoms with van der Waals surface area (Å²) in [7, 11) is 0. The number of hydrogen-bond donors (Lipinski definition) is 0. The summed E-state index contributed by atoms with van der Waals surface area (Å²) in [6, 6.07) is 9.27. The number of imide groups is 1. The van der Waals surface area contributed by atoms with Gasteiger partial charge >= 0.3 is 6.09 Å². The van der Waals surface area contributed by atoms with Crippen molar-refractivity contribution >= 4 is 12.0 Å². The minimum Gasteiger partial charge on any atom is -0.447 e. The molecule has 4 nitrogen and oxygen atoms in total. The predicted molar refractivity (Wildman–Crippen MR) is 67.0 cm³/mol. The highest BCUT2D eigenvalue weighted by atomic mass is 16.6. The first-order chi connectivity index (χ1) is 8.59. The Balaban J connectivity index is 2.10. The van der Waals surface area contributed by atoms with Crippen LogP contribution in [-0.4, -0.2) is 29.5 Å². The Morgan fingerprint density at radius 1 is 1.39 bits per heavy atom. The van der Waals surface area contributed by atoms with E-state index in [0.717, 1.165) is 5.56 Å². The number of carbonyl (C=O) groups excluding carboxylic acids is 2. The molecule has 0 aromatic heterocycles. The van der Waals surface area contributed by atoms with Gasteiger partial charge in [0.05, 0.1) is 12.5 Å². The van der Waals surface area contributed by atoms with Gasteiger partial charge in [0.15, 0.2) is 0 Å². The third-order valence-electron chi connectivity index (χ3n) is 3.14. The summed E-state index contributed by atoms with van der Waals surface area (Å²) in [5, 5.41) is 0.